The van der Waals surface area contributed by atoms with Crippen LogP contribution in [0, 0.1) is 3.57 Å². The second-order valence-corrected chi connectivity index (χ2v) is 5.38. The Morgan fingerprint density at radius 3 is 2.60 bits per heavy atom. The Morgan fingerprint density at radius 2 is 1.90 bits per heavy atom. The lowest BCUT2D eigenvalue weighted by Crippen LogP contribution is -2.08. The van der Waals surface area contributed by atoms with Crippen LogP contribution in [-0.2, 0) is 11.3 Å². The Morgan fingerprint density at radius 1 is 1.15 bits per heavy atom. The zero-order valence-corrected chi connectivity index (χ0v) is 13.3. The number of carbonyl (C=O) groups excluding carboxylic acids is 1. The van der Waals surface area contributed by atoms with E-state index in [1.54, 1.807) is 6.07 Å². The highest BCUT2D eigenvalue weighted by Gasteiger charge is 2.14. The van der Waals surface area contributed by atoms with Crippen LogP contribution in [0.2, 0.25) is 0 Å². The third kappa shape index (κ3) is 3.96. The third-order valence-corrected chi connectivity index (χ3v) is 3.35. The predicted octanol–water partition coefficient (Wildman–Crippen LogP) is 4.05. The van der Waals surface area contributed by atoms with Gasteiger partial charge in [-0.15, -0.1) is 0 Å². The van der Waals surface area contributed by atoms with Gasteiger partial charge < -0.3 is 9.47 Å². The number of esters is 1. The highest BCUT2D eigenvalue weighted by atomic mass is 127. The van der Waals surface area contributed by atoms with Gasteiger partial charge in [0, 0.05) is 3.57 Å². The van der Waals surface area contributed by atoms with Crippen LogP contribution < -0.4 is 4.74 Å². The number of halogens is 1. The summed E-state index contributed by atoms with van der Waals surface area (Å²) < 4.78 is 11.8. The van der Waals surface area contributed by atoms with Gasteiger partial charge in [-0.3, -0.25) is 0 Å². The van der Waals surface area contributed by atoms with Gasteiger partial charge in [0.1, 0.15) is 17.9 Å². The minimum Gasteiger partial charge on any atom is -0.493 e. The lowest BCUT2D eigenvalue weighted by Gasteiger charge is -2.10. The van der Waals surface area contributed by atoms with E-state index >= 15 is 0 Å². The summed E-state index contributed by atoms with van der Waals surface area (Å²) in [4.78, 5) is 12.1. The molecule has 0 bridgehead atoms. The van der Waals surface area contributed by atoms with Crippen molar-refractivity contribution < 1.29 is 14.3 Å². The number of benzene rings is 2. The molecule has 3 nitrogen and oxygen atoms in total. The van der Waals surface area contributed by atoms with Crippen molar-refractivity contribution in [3.05, 3.63) is 63.2 Å². The summed E-state index contributed by atoms with van der Waals surface area (Å²) in [5.74, 6) is 0.200. The smallest absolute Gasteiger partial charge is 0.342 e. The van der Waals surface area contributed by atoms with E-state index in [-0.39, 0.29) is 12.6 Å². The van der Waals surface area contributed by atoms with E-state index in [1.807, 2.05) is 49.4 Å². The van der Waals surface area contributed by atoms with E-state index in [2.05, 4.69) is 22.6 Å². The van der Waals surface area contributed by atoms with Crippen molar-refractivity contribution in [2.24, 2.45) is 0 Å². The molecular weight excluding hydrogens is 367 g/mol. The van der Waals surface area contributed by atoms with E-state index in [0.29, 0.717) is 17.9 Å². The standard InChI is InChI=1S/C16H15IO3/c1-2-19-15-10-13(17)8-9-14(15)16(18)20-11-12-6-4-3-5-7-12/h3-10H,2,11H2,1H3. The molecule has 0 heterocycles. The second-order valence-electron chi connectivity index (χ2n) is 4.14. The van der Waals surface area contributed by atoms with E-state index in [1.165, 1.54) is 0 Å². The molecule has 0 unspecified atom stereocenters. The molecule has 0 amide bonds. The summed E-state index contributed by atoms with van der Waals surface area (Å²) >= 11 is 2.18. The van der Waals surface area contributed by atoms with Gasteiger partial charge in [0.05, 0.1) is 6.61 Å². The van der Waals surface area contributed by atoms with Gasteiger partial charge in [-0.1, -0.05) is 30.3 Å². The molecule has 104 valence electrons. The number of ether oxygens (including phenoxy) is 2. The summed E-state index contributed by atoms with van der Waals surface area (Å²) in [6.45, 7) is 2.66. The molecule has 0 fully saturated rings. The van der Waals surface area contributed by atoms with E-state index < -0.39 is 0 Å². The van der Waals surface area contributed by atoms with Crippen LogP contribution in [0.15, 0.2) is 48.5 Å². The van der Waals surface area contributed by atoms with Crippen molar-refractivity contribution in [2.75, 3.05) is 6.61 Å². The molecule has 0 spiro atoms. The van der Waals surface area contributed by atoms with E-state index in [9.17, 15) is 4.79 Å². The SMILES string of the molecule is CCOc1cc(I)ccc1C(=O)OCc1ccccc1. The van der Waals surface area contributed by atoms with Gasteiger partial charge >= 0.3 is 5.97 Å². The highest BCUT2D eigenvalue weighted by Crippen LogP contribution is 2.23. The van der Waals surface area contributed by atoms with Crippen molar-refractivity contribution in [1.29, 1.82) is 0 Å². The molecule has 0 aliphatic carbocycles. The fourth-order valence-corrected chi connectivity index (χ4v) is 2.20. The summed E-state index contributed by atoms with van der Waals surface area (Å²) in [6, 6.07) is 15.0. The largest absolute Gasteiger partial charge is 0.493 e. The third-order valence-electron chi connectivity index (χ3n) is 2.68. The highest BCUT2D eigenvalue weighted by molar-refractivity contribution is 14.1. The fourth-order valence-electron chi connectivity index (χ4n) is 1.74. The first-order valence-corrected chi connectivity index (χ1v) is 7.42. The first kappa shape index (κ1) is 14.8. The molecule has 2 aromatic carbocycles. The van der Waals surface area contributed by atoms with Crippen LogP contribution >= 0.6 is 22.6 Å². The molecular formula is C16H15IO3. The van der Waals surface area contributed by atoms with Crippen molar-refractivity contribution in [2.45, 2.75) is 13.5 Å². The van der Waals surface area contributed by atoms with Gasteiger partial charge in [0.15, 0.2) is 0 Å². The molecule has 0 aromatic heterocycles. The van der Waals surface area contributed by atoms with Gasteiger partial charge in [-0.2, -0.15) is 0 Å². The Labute approximate surface area is 132 Å². The number of hydrogen-bond acceptors (Lipinski definition) is 3. The summed E-state index contributed by atoms with van der Waals surface area (Å²) in [7, 11) is 0. The lowest BCUT2D eigenvalue weighted by molar-refractivity contribution is 0.0468. The average molecular weight is 382 g/mol. The van der Waals surface area contributed by atoms with E-state index in [4.69, 9.17) is 9.47 Å². The first-order chi connectivity index (χ1) is 9.70. The van der Waals surface area contributed by atoms with Crippen LogP contribution in [0.1, 0.15) is 22.8 Å². The van der Waals surface area contributed by atoms with E-state index in [0.717, 1.165) is 9.13 Å². The van der Waals surface area contributed by atoms with Crippen molar-refractivity contribution >= 4 is 28.6 Å². The second kappa shape index (κ2) is 7.28. The molecule has 0 atom stereocenters. The van der Waals surface area contributed by atoms with Crippen molar-refractivity contribution in [3.63, 3.8) is 0 Å². The zero-order valence-electron chi connectivity index (χ0n) is 11.1. The monoisotopic (exact) mass is 382 g/mol. The zero-order chi connectivity index (χ0) is 14.4. The van der Waals surface area contributed by atoms with Gasteiger partial charge in [0.25, 0.3) is 0 Å². The van der Waals surface area contributed by atoms with Gasteiger partial charge in [-0.25, -0.2) is 4.79 Å². The molecule has 0 aliphatic rings. The Kier molecular flexibility index (Phi) is 5.40. The topological polar surface area (TPSA) is 35.5 Å². The minimum atomic E-state index is -0.367. The Balaban J connectivity index is 2.09. The van der Waals surface area contributed by atoms with Crippen molar-refractivity contribution in [3.8, 4) is 5.75 Å². The molecule has 0 aliphatic heterocycles. The molecule has 20 heavy (non-hydrogen) atoms. The number of hydrogen-bond donors (Lipinski definition) is 0. The molecule has 2 aromatic rings. The molecule has 4 heteroatoms. The minimum absolute atomic E-state index is 0.261. The van der Waals surface area contributed by atoms with Crippen molar-refractivity contribution in [1.82, 2.24) is 0 Å². The predicted molar refractivity (Wildman–Crippen MR) is 85.9 cm³/mol. The molecule has 2 rings (SSSR count). The number of rotatable bonds is 5. The molecule has 0 radical (unpaired) electrons. The summed E-state index contributed by atoms with van der Waals surface area (Å²) in [5, 5.41) is 0. The van der Waals surface area contributed by atoms with Crippen LogP contribution in [-0.4, -0.2) is 12.6 Å². The maximum Gasteiger partial charge on any atom is 0.342 e. The van der Waals surface area contributed by atoms with Gasteiger partial charge in [0.2, 0.25) is 0 Å². The molecule has 0 N–H and O–H groups in total. The van der Waals surface area contributed by atoms with Crippen LogP contribution in [0.3, 0.4) is 0 Å². The first-order valence-electron chi connectivity index (χ1n) is 6.34. The fraction of sp³-hybridized carbons (Fsp3) is 0.188. The Hall–Kier alpha value is -1.56. The van der Waals surface area contributed by atoms with Crippen LogP contribution in [0.5, 0.6) is 5.75 Å². The van der Waals surface area contributed by atoms with Gasteiger partial charge in [-0.05, 0) is 53.3 Å². The maximum absolute atomic E-state index is 12.1. The molecule has 0 saturated carbocycles. The Bertz CT molecular complexity index is 582. The maximum atomic E-state index is 12.1. The summed E-state index contributed by atoms with van der Waals surface area (Å²) in [6.07, 6.45) is 0. The molecule has 0 saturated heterocycles. The van der Waals surface area contributed by atoms with Crippen LogP contribution in [0.25, 0.3) is 0 Å². The quantitative estimate of drug-likeness (QED) is 0.578. The normalized spacial score (nSPS) is 10.1. The summed E-state index contributed by atoms with van der Waals surface area (Å²) in [5.41, 5.74) is 1.42. The van der Waals surface area contributed by atoms with Crippen LogP contribution in [0.4, 0.5) is 0 Å². The lowest BCUT2D eigenvalue weighted by atomic mass is 10.2. The number of carbonyl (C=O) groups is 1. The average Bonchev–Trinajstić information content (AvgIpc) is 2.46.